The number of amides is 1. The molecule has 3 heterocycles. The first kappa shape index (κ1) is 13.4. The smallest absolute Gasteiger partial charge is 0.274 e. The van der Waals surface area contributed by atoms with E-state index in [2.05, 4.69) is 9.88 Å². The van der Waals surface area contributed by atoms with E-state index in [-0.39, 0.29) is 5.91 Å². The molecule has 5 heteroatoms. The number of carbonyl (C=O) groups excluding carboxylic acids is 1. The van der Waals surface area contributed by atoms with Gasteiger partial charge >= 0.3 is 0 Å². The monoisotopic (exact) mass is 274 g/mol. The second-order valence-electron chi connectivity index (χ2n) is 5.73. The van der Waals surface area contributed by atoms with Gasteiger partial charge in [-0.25, -0.2) is 4.98 Å². The van der Waals surface area contributed by atoms with Gasteiger partial charge < -0.3 is 10.6 Å². The summed E-state index contributed by atoms with van der Waals surface area (Å²) < 4.78 is 0. The normalized spacial score (nSPS) is 24.0. The number of piperidine rings is 1. The van der Waals surface area contributed by atoms with E-state index in [1.54, 1.807) is 18.3 Å². The lowest BCUT2D eigenvalue weighted by Crippen LogP contribution is -2.49. The molecule has 2 aliphatic rings. The molecular weight excluding hydrogens is 252 g/mol. The number of pyridine rings is 1. The molecule has 3 rings (SSSR count). The lowest BCUT2D eigenvalue weighted by Gasteiger charge is -2.37. The first-order chi connectivity index (χ1) is 9.75. The number of aromatic nitrogens is 1. The Hall–Kier alpha value is -1.62. The molecule has 2 saturated heterocycles. The molecule has 0 saturated carbocycles. The maximum atomic E-state index is 12.5. The van der Waals surface area contributed by atoms with Crippen LogP contribution in [0.5, 0.6) is 0 Å². The zero-order valence-corrected chi connectivity index (χ0v) is 11.8. The molecule has 1 amide bonds. The van der Waals surface area contributed by atoms with Crippen molar-refractivity contribution in [2.45, 2.75) is 31.7 Å². The zero-order valence-electron chi connectivity index (χ0n) is 11.8. The maximum absolute atomic E-state index is 12.5. The first-order valence-corrected chi connectivity index (χ1v) is 7.49. The number of nitrogens with zero attached hydrogens (tertiary/aromatic N) is 3. The molecule has 1 aromatic heterocycles. The van der Waals surface area contributed by atoms with E-state index in [0.29, 0.717) is 17.4 Å². The highest BCUT2D eigenvalue weighted by Gasteiger charge is 2.30. The Balaban J connectivity index is 1.70. The van der Waals surface area contributed by atoms with Crippen molar-refractivity contribution < 1.29 is 4.79 Å². The van der Waals surface area contributed by atoms with Crippen LogP contribution in [0.15, 0.2) is 18.3 Å². The quantitative estimate of drug-likeness (QED) is 0.884. The van der Waals surface area contributed by atoms with Gasteiger partial charge in [-0.15, -0.1) is 0 Å². The fraction of sp³-hybridized carbons (Fsp3) is 0.600. The number of anilines is 1. The summed E-state index contributed by atoms with van der Waals surface area (Å²) in [6.07, 6.45) is 6.47. The van der Waals surface area contributed by atoms with E-state index in [1.807, 2.05) is 4.90 Å². The van der Waals surface area contributed by atoms with Crippen LogP contribution < -0.4 is 5.73 Å². The minimum absolute atomic E-state index is 0.0213. The topological polar surface area (TPSA) is 62.5 Å². The molecule has 0 aromatic carbocycles. The molecule has 2 N–H and O–H groups in total. The molecule has 0 bridgehead atoms. The van der Waals surface area contributed by atoms with Crippen LogP contribution in [0.1, 0.15) is 36.2 Å². The van der Waals surface area contributed by atoms with Crippen LogP contribution in [-0.2, 0) is 0 Å². The molecule has 2 aliphatic heterocycles. The Labute approximate surface area is 119 Å². The summed E-state index contributed by atoms with van der Waals surface area (Å²) in [5.41, 5.74) is 6.74. The zero-order chi connectivity index (χ0) is 13.9. The predicted molar refractivity (Wildman–Crippen MR) is 78.4 cm³/mol. The highest BCUT2D eigenvalue weighted by molar-refractivity contribution is 5.97. The van der Waals surface area contributed by atoms with Crippen LogP contribution in [0, 0.1) is 0 Å². The summed E-state index contributed by atoms with van der Waals surface area (Å²) in [4.78, 5) is 21.1. The molecule has 1 atom stereocenters. The summed E-state index contributed by atoms with van der Waals surface area (Å²) >= 11 is 0. The van der Waals surface area contributed by atoms with Crippen LogP contribution in [0.4, 0.5) is 5.69 Å². The molecule has 0 aliphatic carbocycles. The number of likely N-dealkylation sites (tertiary alicyclic amines) is 2. The van der Waals surface area contributed by atoms with Crippen LogP contribution >= 0.6 is 0 Å². The standard InChI is InChI=1S/C15H22N4O/c16-13-6-3-7-17-14(13)15(20)19-10-4-5-12(11-19)18-8-1-2-9-18/h3,6-7,12H,1-2,4-5,8-11,16H2. The van der Waals surface area contributed by atoms with Crippen LogP contribution in [0.25, 0.3) is 0 Å². The van der Waals surface area contributed by atoms with Gasteiger partial charge in [0.25, 0.3) is 5.91 Å². The van der Waals surface area contributed by atoms with Crippen LogP contribution in [0.2, 0.25) is 0 Å². The average molecular weight is 274 g/mol. The SMILES string of the molecule is Nc1cccnc1C(=O)N1CCCC(N2CCCC2)C1. The van der Waals surface area contributed by atoms with Crippen molar-refractivity contribution >= 4 is 11.6 Å². The van der Waals surface area contributed by atoms with E-state index in [0.717, 1.165) is 19.5 Å². The second-order valence-corrected chi connectivity index (χ2v) is 5.73. The van der Waals surface area contributed by atoms with Gasteiger partial charge in [0.2, 0.25) is 0 Å². The summed E-state index contributed by atoms with van der Waals surface area (Å²) in [5, 5.41) is 0. The Morgan fingerprint density at radius 2 is 2.05 bits per heavy atom. The Morgan fingerprint density at radius 3 is 2.80 bits per heavy atom. The van der Waals surface area contributed by atoms with Gasteiger partial charge in [0.15, 0.2) is 5.69 Å². The van der Waals surface area contributed by atoms with Gasteiger partial charge in [-0.2, -0.15) is 0 Å². The third kappa shape index (κ3) is 2.63. The minimum atomic E-state index is -0.0213. The van der Waals surface area contributed by atoms with Crippen LogP contribution in [-0.4, -0.2) is 52.9 Å². The molecule has 5 nitrogen and oxygen atoms in total. The van der Waals surface area contributed by atoms with E-state index in [1.165, 1.54) is 32.4 Å². The van der Waals surface area contributed by atoms with Crippen molar-refractivity contribution in [2.24, 2.45) is 0 Å². The lowest BCUT2D eigenvalue weighted by atomic mass is 10.0. The Morgan fingerprint density at radius 1 is 1.25 bits per heavy atom. The van der Waals surface area contributed by atoms with Gasteiger partial charge in [-0.3, -0.25) is 9.69 Å². The van der Waals surface area contributed by atoms with Gasteiger partial charge in [0.1, 0.15) is 0 Å². The third-order valence-electron chi connectivity index (χ3n) is 4.38. The number of nitrogen functional groups attached to an aromatic ring is 1. The largest absolute Gasteiger partial charge is 0.397 e. The van der Waals surface area contributed by atoms with E-state index < -0.39 is 0 Å². The van der Waals surface area contributed by atoms with Crippen LogP contribution in [0.3, 0.4) is 0 Å². The Bertz CT molecular complexity index is 485. The van der Waals surface area contributed by atoms with E-state index in [9.17, 15) is 4.79 Å². The number of nitrogens with two attached hydrogens (primary N) is 1. The fourth-order valence-corrected chi connectivity index (χ4v) is 3.29. The molecule has 1 aromatic rings. The van der Waals surface area contributed by atoms with Crippen molar-refractivity contribution in [3.8, 4) is 0 Å². The predicted octanol–water partition coefficient (Wildman–Crippen LogP) is 1.36. The van der Waals surface area contributed by atoms with Crippen molar-refractivity contribution in [3.05, 3.63) is 24.0 Å². The number of hydrogen-bond acceptors (Lipinski definition) is 4. The highest BCUT2D eigenvalue weighted by Crippen LogP contribution is 2.22. The van der Waals surface area contributed by atoms with Crippen molar-refractivity contribution in [1.29, 1.82) is 0 Å². The molecule has 0 radical (unpaired) electrons. The summed E-state index contributed by atoms with van der Waals surface area (Å²) in [6.45, 7) is 3.99. The fourth-order valence-electron chi connectivity index (χ4n) is 3.29. The molecule has 0 spiro atoms. The highest BCUT2D eigenvalue weighted by atomic mass is 16.2. The van der Waals surface area contributed by atoms with Gasteiger partial charge in [-0.1, -0.05) is 0 Å². The maximum Gasteiger partial charge on any atom is 0.274 e. The van der Waals surface area contributed by atoms with E-state index >= 15 is 0 Å². The molecule has 108 valence electrons. The van der Waals surface area contributed by atoms with E-state index in [4.69, 9.17) is 5.73 Å². The molecule has 2 fully saturated rings. The first-order valence-electron chi connectivity index (χ1n) is 7.49. The molecular formula is C15H22N4O. The third-order valence-corrected chi connectivity index (χ3v) is 4.38. The summed E-state index contributed by atoms with van der Waals surface area (Å²) in [5.74, 6) is -0.0213. The van der Waals surface area contributed by atoms with Gasteiger partial charge in [-0.05, 0) is 50.9 Å². The van der Waals surface area contributed by atoms with Gasteiger partial charge in [0, 0.05) is 25.3 Å². The number of rotatable bonds is 2. The summed E-state index contributed by atoms with van der Waals surface area (Å²) in [7, 11) is 0. The lowest BCUT2D eigenvalue weighted by molar-refractivity contribution is 0.0603. The average Bonchev–Trinajstić information content (AvgIpc) is 3.01. The van der Waals surface area contributed by atoms with Crippen molar-refractivity contribution in [2.75, 3.05) is 31.9 Å². The number of carbonyl (C=O) groups is 1. The Kier molecular flexibility index (Phi) is 3.87. The summed E-state index contributed by atoms with van der Waals surface area (Å²) in [6, 6.07) is 4.01. The van der Waals surface area contributed by atoms with Gasteiger partial charge in [0.05, 0.1) is 5.69 Å². The minimum Gasteiger partial charge on any atom is -0.397 e. The second kappa shape index (κ2) is 5.79. The number of hydrogen-bond donors (Lipinski definition) is 1. The molecule has 20 heavy (non-hydrogen) atoms. The molecule has 1 unspecified atom stereocenters. The van der Waals surface area contributed by atoms with Crippen molar-refractivity contribution in [3.63, 3.8) is 0 Å². The van der Waals surface area contributed by atoms with Crippen molar-refractivity contribution in [1.82, 2.24) is 14.8 Å².